The van der Waals surface area contributed by atoms with Crippen molar-refractivity contribution in [3.63, 3.8) is 0 Å². The van der Waals surface area contributed by atoms with Gasteiger partial charge in [0.2, 0.25) is 17.8 Å². The first kappa shape index (κ1) is 13.8. The lowest BCUT2D eigenvalue weighted by Gasteiger charge is -2.27. The van der Waals surface area contributed by atoms with Crippen LogP contribution in [0.1, 0.15) is 19.8 Å². The summed E-state index contributed by atoms with van der Waals surface area (Å²) in [6.45, 7) is 6.87. The van der Waals surface area contributed by atoms with Crippen LogP contribution >= 0.6 is 0 Å². The van der Waals surface area contributed by atoms with E-state index in [2.05, 4.69) is 42.7 Å². The fraction of sp³-hybridized carbons (Fsp3) is 0.750. The van der Waals surface area contributed by atoms with E-state index in [-0.39, 0.29) is 0 Å². The number of piperazine rings is 1. The van der Waals surface area contributed by atoms with Gasteiger partial charge in [0.05, 0.1) is 0 Å². The Labute approximate surface area is 114 Å². The van der Waals surface area contributed by atoms with Crippen molar-refractivity contribution in [1.82, 2.24) is 20.3 Å². The number of nitrogens with one attached hydrogen (secondary N) is 3. The van der Waals surface area contributed by atoms with Gasteiger partial charge < -0.3 is 20.9 Å². The molecule has 0 unspecified atom stereocenters. The minimum atomic E-state index is 0.613. The molecule has 7 nitrogen and oxygen atoms in total. The summed E-state index contributed by atoms with van der Waals surface area (Å²) in [6.07, 6.45) is 2.27. The van der Waals surface area contributed by atoms with Gasteiger partial charge in [0.25, 0.3) is 0 Å². The molecule has 0 bridgehead atoms. The van der Waals surface area contributed by atoms with Crippen LogP contribution in [0, 0.1) is 0 Å². The number of rotatable bonds is 6. The second-order valence-corrected chi connectivity index (χ2v) is 4.55. The average Bonchev–Trinajstić information content (AvgIpc) is 2.48. The molecule has 2 rings (SSSR count). The molecule has 2 heterocycles. The van der Waals surface area contributed by atoms with Crippen LogP contribution in [-0.2, 0) is 0 Å². The minimum Gasteiger partial charge on any atom is -0.357 e. The molecule has 19 heavy (non-hydrogen) atoms. The molecule has 1 aliphatic heterocycles. The summed E-state index contributed by atoms with van der Waals surface area (Å²) in [5, 5.41) is 9.57. The Hall–Kier alpha value is -1.63. The molecule has 1 aromatic rings. The van der Waals surface area contributed by atoms with E-state index in [9.17, 15) is 0 Å². The molecule has 7 heteroatoms. The van der Waals surface area contributed by atoms with E-state index in [1.165, 1.54) is 0 Å². The van der Waals surface area contributed by atoms with Gasteiger partial charge in [-0.2, -0.15) is 15.0 Å². The zero-order valence-electron chi connectivity index (χ0n) is 11.7. The SMILES string of the molecule is CCCCNc1nc(NC)nc(N2CCNCC2)n1. The van der Waals surface area contributed by atoms with Crippen LogP contribution in [0.4, 0.5) is 17.8 Å². The number of hydrogen-bond acceptors (Lipinski definition) is 7. The molecular formula is C12H23N7. The highest BCUT2D eigenvalue weighted by Crippen LogP contribution is 2.13. The Kier molecular flexibility index (Phi) is 5.14. The number of anilines is 3. The number of aromatic nitrogens is 3. The molecular weight excluding hydrogens is 242 g/mol. The van der Waals surface area contributed by atoms with Crippen molar-refractivity contribution in [1.29, 1.82) is 0 Å². The Morgan fingerprint density at radius 1 is 1.16 bits per heavy atom. The largest absolute Gasteiger partial charge is 0.357 e. The molecule has 1 saturated heterocycles. The Balaban J connectivity index is 2.10. The average molecular weight is 265 g/mol. The first-order valence-electron chi connectivity index (χ1n) is 6.97. The summed E-state index contributed by atoms with van der Waals surface area (Å²) >= 11 is 0. The van der Waals surface area contributed by atoms with Gasteiger partial charge in [-0.3, -0.25) is 0 Å². The monoisotopic (exact) mass is 265 g/mol. The fourth-order valence-corrected chi connectivity index (χ4v) is 1.94. The Bertz CT molecular complexity index is 390. The highest BCUT2D eigenvalue weighted by atomic mass is 15.3. The van der Waals surface area contributed by atoms with Crippen LogP contribution in [-0.4, -0.2) is 54.7 Å². The van der Waals surface area contributed by atoms with Crippen LogP contribution in [0.5, 0.6) is 0 Å². The van der Waals surface area contributed by atoms with Gasteiger partial charge in [-0.25, -0.2) is 0 Å². The van der Waals surface area contributed by atoms with Gasteiger partial charge in [0.1, 0.15) is 0 Å². The molecule has 106 valence electrons. The maximum absolute atomic E-state index is 4.50. The molecule has 3 N–H and O–H groups in total. The number of nitrogens with zero attached hydrogens (tertiary/aromatic N) is 4. The van der Waals surface area contributed by atoms with Crippen LogP contribution in [0.2, 0.25) is 0 Å². The maximum atomic E-state index is 4.50. The van der Waals surface area contributed by atoms with Gasteiger partial charge in [-0.05, 0) is 6.42 Å². The molecule has 0 spiro atoms. The molecule has 0 amide bonds. The van der Waals surface area contributed by atoms with Crippen molar-refractivity contribution < 1.29 is 0 Å². The standard InChI is InChI=1S/C12H23N7/c1-3-4-5-15-11-16-10(13-2)17-12(18-11)19-8-6-14-7-9-19/h14H,3-9H2,1-2H3,(H2,13,15,16,17,18). The Morgan fingerprint density at radius 3 is 2.58 bits per heavy atom. The van der Waals surface area contributed by atoms with Crippen molar-refractivity contribution >= 4 is 17.8 Å². The lowest BCUT2D eigenvalue weighted by Crippen LogP contribution is -2.44. The summed E-state index contributed by atoms with van der Waals surface area (Å²) in [7, 11) is 1.83. The molecule has 1 aromatic heterocycles. The van der Waals surface area contributed by atoms with Crippen molar-refractivity contribution in [2.24, 2.45) is 0 Å². The molecule has 0 saturated carbocycles. The zero-order valence-corrected chi connectivity index (χ0v) is 11.7. The van der Waals surface area contributed by atoms with Gasteiger partial charge in [-0.15, -0.1) is 0 Å². The van der Waals surface area contributed by atoms with Crippen molar-refractivity contribution in [2.45, 2.75) is 19.8 Å². The highest BCUT2D eigenvalue weighted by molar-refractivity contribution is 5.43. The topological polar surface area (TPSA) is 78.0 Å². The van der Waals surface area contributed by atoms with Gasteiger partial charge >= 0.3 is 0 Å². The van der Waals surface area contributed by atoms with Gasteiger partial charge in [0, 0.05) is 39.8 Å². The van der Waals surface area contributed by atoms with E-state index >= 15 is 0 Å². The molecule has 0 aromatic carbocycles. The normalized spacial score (nSPS) is 15.4. The van der Waals surface area contributed by atoms with E-state index in [0.29, 0.717) is 11.9 Å². The predicted octanol–water partition coefficient (Wildman–Crippen LogP) is 0.535. The summed E-state index contributed by atoms with van der Waals surface area (Å²) in [6, 6.07) is 0. The minimum absolute atomic E-state index is 0.613. The van der Waals surface area contributed by atoms with E-state index in [0.717, 1.165) is 51.5 Å². The molecule has 1 aliphatic rings. The maximum Gasteiger partial charge on any atom is 0.232 e. The first-order valence-corrected chi connectivity index (χ1v) is 6.97. The van der Waals surface area contributed by atoms with Crippen LogP contribution in [0.25, 0.3) is 0 Å². The molecule has 1 fully saturated rings. The van der Waals surface area contributed by atoms with Crippen LogP contribution in [0.3, 0.4) is 0 Å². The summed E-state index contributed by atoms with van der Waals surface area (Å²) in [4.78, 5) is 15.4. The van der Waals surface area contributed by atoms with Crippen LogP contribution < -0.4 is 20.9 Å². The third-order valence-corrected chi connectivity index (χ3v) is 3.06. The zero-order chi connectivity index (χ0) is 13.5. The van der Waals surface area contributed by atoms with Crippen molar-refractivity contribution in [2.75, 3.05) is 55.3 Å². The third kappa shape index (κ3) is 3.92. The quantitative estimate of drug-likeness (QED) is 0.648. The summed E-state index contributed by atoms with van der Waals surface area (Å²) < 4.78 is 0. The van der Waals surface area contributed by atoms with Crippen molar-refractivity contribution in [3.8, 4) is 0 Å². The lowest BCUT2D eigenvalue weighted by atomic mass is 10.3. The predicted molar refractivity (Wildman–Crippen MR) is 77.9 cm³/mol. The third-order valence-electron chi connectivity index (χ3n) is 3.06. The van der Waals surface area contributed by atoms with Crippen molar-refractivity contribution in [3.05, 3.63) is 0 Å². The van der Waals surface area contributed by atoms with Crippen LogP contribution in [0.15, 0.2) is 0 Å². The van der Waals surface area contributed by atoms with E-state index in [1.807, 2.05) is 7.05 Å². The smallest absolute Gasteiger partial charge is 0.232 e. The van der Waals surface area contributed by atoms with E-state index < -0.39 is 0 Å². The second kappa shape index (κ2) is 7.08. The molecule has 0 aliphatic carbocycles. The number of unbranched alkanes of at least 4 members (excludes halogenated alkanes) is 1. The lowest BCUT2D eigenvalue weighted by molar-refractivity contribution is 0.579. The summed E-state index contributed by atoms with van der Waals surface area (Å²) in [5.41, 5.74) is 0. The molecule has 0 atom stereocenters. The summed E-state index contributed by atoms with van der Waals surface area (Å²) in [5.74, 6) is 2.02. The first-order chi connectivity index (χ1) is 9.33. The Morgan fingerprint density at radius 2 is 1.89 bits per heavy atom. The fourth-order valence-electron chi connectivity index (χ4n) is 1.94. The highest BCUT2D eigenvalue weighted by Gasteiger charge is 2.15. The van der Waals surface area contributed by atoms with Gasteiger partial charge in [-0.1, -0.05) is 13.3 Å². The second-order valence-electron chi connectivity index (χ2n) is 4.55. The molecule has 0 radical (unpaired) electrons. The van der Waals surface area contributed by atoms with E-state index in [1.54, 1.807) is 0 Å². The van der Waals surface area contributed by atoms with Gasteiger partial charge in [0.15, 0.2) is 0 Å². The number of hydrogen-bond donors (Lipinski definition) is 3. The van der Waals surface area contributed by atoms with E-state index in [4.69, 9.17) is 0 Å².